The van der Waals surface area contributed by atoms with Crippen LogP contribution in [0.1, 0.15) is 20.8 Å². The molecule has 7 heteroatoms. The molecule has 1 heterocycles. The lowest BCUT2D eigenvalue weighted by atomic mass is 10.1. The largest absolute Gasteiger partial charge is 0.545 e. The number of carboxylic acids is 1. The van der Waals surface area contributed by atoms with Gasteiger partial charge in [-0.25, -0.2) is 13.1 Å². The molecule has 106 valence electrons. The van der Waals surface area contributed by atoms with Crippen molar-refractivity contribution in [2.75, 3.05) is 0 Å². The molecular formula is C13H12NO4S2-. The van der Waals surface area contributed by atoms with Gasteiger partial charge in [0, 0.05) is 17.0 Å². The molecule has 20 heavy (non-hydrogen) atoms. The minimum atomic E-state index is -3.74. The summed E-state index contributed by atoms with van der Waals surface area (Å²) in [5, 5.41) is 12.8. The average Bonchev–Trinajstić information content (AvgIpc) is 2.89. The minimum absolute atomic E-state index is 0.0844. The van der Waals surface area contributed by atoms with Gasteiger partial charge in [0.25, 0.3) is 0 Å². The molecule has 0 atom stereocenters. The van der Waals surface area contributed by atoms with Gasteiger partial charge < -0.3 is 9.90 Å². The third-order valence-electron chi connectivity index (χ3n) is 2.76. The van der Waals surface area contributed by atoms with Crippen LogP contribution in [0.5, 0.6) is 0 Å². The Morgan fingerprint density at radius 1 is 1.35 bits per heavy atom. The molecule has 1 aromatic heterocycles. The molecule has 0 spiro atoms. The maximum atomic E-state index is 12.1. The van der Waals surface area contributed by atoms with E-state index in [1.807, 2.05) is 17.5 Å². The Morgan fingerprint density at radius 2 is 2.10 bits per heavy atom. The van der Waals surface area contributed by atoms with Crippen LogP contribution in [0.3, 0.4) is 0 Å². The van der Waals surface area contributed by atoms with Crippen molar-refractivity contribution < 1.29 is 18.3 Å². The third-order valence-corrected chi connectivity index (χ3v) is 5.03. The molecule has 5 nitrogen and oxygen atoms in total. The molecule has 0 amide bonds. The second-order valence-corrected chi connectivity index (χ2v) is 6.97. The Balaban J connectivity index is 2.25. The summed E-state index contributed by atoms with van der Waals surface area (Å²) >= 11 is 1.44. The maximum absolute atomic E-state index is 12.1. The van der Waals surface area contributed by atoms with Crippen LogP contribution in [0.25, 0.3) is 0 Å². The van der Waals surface area contributed by atoms with Crippen LogP contribution in [0.2, 0.25) is 0 Å². The Morgan fingerprint density at radius 3 is 2.70 bits per heavy atom. The van der Waals surface area contributed by atoms with Crippen LogP contribution in [-0.2, 0) is 16.6 Å². The van der Waals surface area contributed by atoms with E-state index in [2.05, 4.69) is 4.72 Å². The lowest BCUT2D eigenvalue weighted by molar-refractivity contribution is -0.255. The van der Waals surface area contributed by atoms with E-state index >= 15 is 0 Å². The maximum Gasteiger partial charge on any atom is 0.240 e. The van der Waals surface area contributed by atoms with E-state index in [1.54, 1.807) is 6.92 Å². The highest BCUT2D eigenvalue weighted by molar-refractivity contribution is 7.89. The summed E-state index contributed by atoms with van der Waals surface area (Å²) in [7, 11) is -3.74. The predicted molar refractivity (Wildman–Crippen MR) is 73.9 cm³/mol. The van der Waals surface area contributed by atoms with E-state index in [-0.39, 0.29) is 17.0 Å². The Hall–Kier alpha value is -1.70. The zero-order chi connectivity index (χ0) is 14.8. The van der Waals surface area contributed by atoms with Crippen LogP contribution in [0.4, 0.5) is 0 Å². The molecule has 0 aliphatic carbocycles. The van der Waals surface area contributed by atoms with E-state index in [4.69, 9.17) is 0 Å². The van der Waals surface area contributed by atoms with Gasteiger partial charge in [-0.1, -0.05) is 12.1 Å². The highest BCUT2D eigenvalue weighted by Crippen LogP contribution is 2.16. The molecule has 0 radical (unpaired) electrons. The topological polar surface area (TPSA) is 86.3 Å². The summed E-state index contributed by atoms with van der Waals surface area (Å²) in [6.07, 6.45) is 0. The van der Waals surface area contributed by atoms with Crippen LogP contribution in [0.15, 0.2) is 40.6 Å². The number of aryl methyl sites for hydroxylation is 1. The molecule has 1 N–H and O–H groups in total. The SMILES string of the molecule is Cc1ccc(S(=O)(=O)NCc2cccs2)cc1C(=O)[O-]. The van der Waals surface area contributed by atoms with Crippen molar-refractivity contribution in [1.82, 2.24) is 4.72 Å². The molecule has 0 unspecified atom stereocenters. The van der Waals surface area contributed by atoms with Crippen molar-refractivity contribution in [2.24, 2.45) is 0 Å². The van der Waals surface area contributed by atoms with Gasteiger partial charge >= 0.3 is 0 Å². The van der Waals surface area contributed by atoms with Crippen molar-refractivity contribution in [3.05, 3.63) is 51.7 Å². The molecule has 1 aromatic carbocycles. The van der Waals surface area contributed by atoms with Crippen LogP contribution in [-0.4, -0.2) is 14.4 Å². The van der Waals surface area contributed by atoms with E-state index < -0.39 is 16.0 Å². The summed E-state index contributed by atoms with van der Waals surface area (Å²) in [6, 6.07) is 7.58. The fourth-order valence-corrected chi connectivity index (χ4v) is 3.42. The predicted octanol–water partition coefficient (Wildman–Crippen LogP) is 0.899. The molecule has 0 bridgehead atoms. The molecule has 0 aliphatic rings. The Bertz CT molecular complexity index is 721. The van der Waals surface area contributed by atoms with Crippen molar-refractivity contribution in [3.63, 3.8) is 0 Å². The molecule has 0 aliphatic heterocycles. The summed E-state index contributed by atoms with van der Waals surface area (Å²) in [4.78, 5) is 11.7. The van der Waals surface area contributed by atoms with Gasteiger partial charge in [0.1, 0.15) is 0 Å². The monoisotopic (exact) mass is 310 g/mol. The fourth-order valence-electron chi connectivity index (χ4n) is 1.65. The summed E-state index contributed by atoms with van der Waals surface area (Å²) in [5.41, 5.74) is 0.339. The lowest BCUT2D eigenvalue weighted by Gasteiger charge is -2.10. The Kier molecular flexibility index (Phi) is 4.22. The van der Waals surface area contributed by atoms with Gasteiger partial charge in [0.15, 0.2) is 0 Å². The average molecular weight is 310 g/mol. The number of hydrogen-bond acceptors (Lipinski definition) is 5. The summed E-state index contributed by atoms with van der Waals surface area (Å²) < 4.78 is 26.6. The standard InChI is InChI=1S/C13H13NO4S2/c1-9-4-5-11(7-12(9)13(15)16)20(17,18)14-8-10-3-2-6-19-10/h2-7,14H,8H2,1H3,(H,15,16)/p-1. The third kappa shape index (κ3) is 3.24. The number of thiophene rings is 1. The quantitative estimate of drug-likeness (QED) is 0.889. The van der Waals surface area contributed by atoms with Gasteiger partial charge in [-0.05, 0) is 36.1 Å². The van der Waals surface area contributed by atoms with Gasteiger partial charge in [0.05, 0.1) is 10.9 Å². The highest BCUT2D eigenvalue weighted by atomic mass is 32.2. The number of aromatic carboxylic acids is 1. The van der Waals surface area contributed by atoms with Gasteiger partial charge in [0.2, 0.25) is 10.0 Å². The lowest BCUT2D eigenvalue weighted by Crippen LogP contribution is -2.26. The highest BCUT2D eigenvalue weighted by Gasteiger charge is 2.15. The first-order valence-corrected chi connectivity index (χ1v) is 8.10. The summed E-state index contributed by atoms with van der Waals surface area (Å²) in [6.45, 7) is 1.76. The van der Waals surface area contributed by atoms with Gasteiger partial charge in [-0.15, -0.1) is 11.3 Å². The van der Waals surface area contributed by atoms with Crippen LogP contribution >= 0.6 is 11.3 Å². The molecule has 2 aromatic rings. The van der Waals surface area contributed by atoms with E-state index in [0.29, 0.717) is 5.56 Å². The van der Waals surface area contributed by atoms with Crippen molar-refractivity contribution in [1.29, 1.82) is 0 Å². The van der Waals surface area contributed by atoms with Crippen molar-refractivity contribution in [3.8, 4) is 0 Å². The molecule has 0 saturated heterocycles. The molecular weight excluding hydrogens is 298 g/mol. The first-order valence-electron chi connectivity index (χ1n) is 5.74. The first kappa shape index (κ1) is 14.7. The molecule has 0 fully saturated rings. The number of carbonyl (C=O) groups excluding carboxylic acids is 1. The number of rotatable bonds is 5. The number of nitrogens with one attached hydrogen (secondary N) is 1. The van der Waals surface area contributed by atoms with E-state index in [1.165, 1.54) is 23.5 Å². The number of carboxylic acid groups (broad SMARTS) is 1. The minimum Gasteiger partial charge on any atom is -0.545 e. The van der Waals surface area contributed by atoms with Gasteiger partial charge in [-0.2, -0.15) is 0 Å². The molecule has 0 saturated carbocycles. The molecule has 2 rings (SSSR count). The van der Waals surface area contributed by atoms with Crippen LogP contribution < -0.4 is 9.83 Å². The van der Waals surface area contributed by atoms with Crippen LogP contribution in [0, 0.1) is 6.92 Å². The number of carbonyl (C=O) groups is 1. The second-order valence-electron chi connectivity index (χ2n) is 4.17. The van der Waals surface area contributed by atoms with E-state index in [9.17, 15) is 18.3 Å². The first-order chi connectivity index (χ1) is 9.40. The second kappa shape index (κ2) is 5.74. The van der Waals surface area contributed by atoms with E-state index in [0.717, 1.165) is 10.9 Å². The van der Waals surface area contributed by atoms with Gasteiger partial charge in [-0.3, -0.25) is 0 Å². The number of hydrogen-bond donors (Lipinski definition) is 1. The smallest absolute Gasteiger partial charge is 0.240 e. The summed E-state index contributed by atoms with van der Waals surface area (Å²) in [5.74, 6) is -1.39. The zero-order valence-corrected chi connectivity index (χ0v) is 12.3. The van der Waals surface area contributed by atoms with Crippen molar-refractivity contribution in [2.45, 2.75) is 18.4 Å². The Labute approximate surface area is 120 Å². The normalized spacial score (nSPS) is 11.4. The van der Waals surface area contributed by atoms with Crippen molar-refractivity contribution >= 4 is 27.3 Å². The number of sulfonamides is 1. The fraction of sp³-hybridized carbons (Fsp3) is 0.154. The zero-order valence-electron chi connectivity index (χ0n) is 10.6. The number of benzene rings is 1.